The Morgan fingerprint density at radius 2 is 0.967 bits per heavy atom. The van der Waals surface area contributed by atoms with Crippen molar-refractivity contribution in [2.75, 3.05) is 39.3 Å². The van der Waals surface area contributed by atoms with E-state index in [4.69, 9.17) is 34.4 Å². The van der Waals surface area contributed by atoms with Crippen molar-refractivity contribution in [3.05, 3.63) is 0 Å². The molecule has 3 saturated heterocycles. The summed E-state index contributed by atoms with van der Waals surface area (Å²) in [4.78, 5) is 206. The number of carbonyl (C=O) groups excluding carboxylic acids is 14. The van der Waals surface area contributed by atoms with E-state index in [1.165, 1.54) is 18.7 Å². The number of amides is 14. The molecule has 0 aromatic carbocycles. The molecule has 3 aliphatic heterocycles. The number of aliphatic hydroxyl groups excluding tert-OH is 2. The smallest absolute Gasteiger partial charge is 0.326 e. The number of aliphatic carboxylic acids is 1. The molecular weight excluding hydrogens is 1190 g/mol. The summed E-state index contributed by atoms with van der Waals surface area (Å²) in [5.74, 6) is -14.3. The number of guanidine groups is 1. The molecule has 504 valence electrons. The van der Waals surface area contributed by atoms with Crippen molar-refractivity contribution in [3.63, 3.8) is 0 Å². The fourth-order valence-corrected chi connectivity index (χ4v) is 10.4. The summed E-state index contributed by atoms with van der Waals surface area (Å²) >= 11 is 0. The second-order valence-electron chi connectivity index (χ2n) is 22.8. The number of carbonyl (C=O) groups is 15. The van der Waals surface area contributed by atoms with Gasteiger partial charge in [-0.2, -0.15) is 0 Å². The number of likely N-dealkylation sites (tertiary alicyclic amines) is 3. The number of carboxylic acid groups (broad SMARTS) is 1. The Morgan fingerprint density at radius 1 is 0.522 bits per heavy atom. The summed E-state index contributed by atoms with van der Waals surface area (Å²) < 4.78 is 0. The van der Waals surface area contributed by atoms with E-state index in [-0.39, 0.29) is 83.0 Å². The molecule has 12 atom stereocenters. The number of rotatable bonds is 37. The average molecular weight is 1280 g/mol. The standard InChI is InChI=1S/C54H90N18O18/c1-26(2)23-34(68-49(85)37-12-8-22-72(37)52(88)42(28(4)74)69-43(79)29(55)25-73)44(80)62-24-41(78)64-30(13-16-38(56)75)45(81)65-31(14-17-39(57)76)46(82)66-32(15-18-40(58)77)51(87)71-21-7-10-35(71)47(83)63-27(3)50(86)70-20-6-11-36(70)48(84)67-33(53(89)90)9-5-19-61-54(59)60/h26-37,42,73-74H,5-25,55H2,1-4H3,(H2,56,75)(H2,57,76)(H2,58,77)(H,62,80)(H,63,83)(H,64,78)(H,65,81)(H,66,82)(H,67,84)(H,68,85)(H,69,79)(H,89,90)(H4,59,60,61)/t27-,28+,29-,30-,31-,32-,33-,34-,35-,36-,37-,42-/m0/s1. The van der Waals surface area contributed by atoms with Crippen LogP contribution in [0.2, 0.25) is 0 Å². The van der Waals surface area contributed by atoms with Gasteiger partial charge in [0, 0.05) is 45.4 Å². The van der Waals surface area contributed by atoms with Gasteiger partial charge in [-0.3, -0.25) is 72.1 Å². The molecule has 3 aliphatic rings. The minimum absolute atomic E-state index is 0.0188. The molecule has 0 bridgehead atoms. The van der Waals surface area contributed by atoms with Crippen LogP contribution in [-0.4, -0.2) is 237 Å². The molecule has 0 spiro atoms. The molecule has 90 heavy (non-hydrogen) atoms. The number of nitrogens with zero attached hydrogens (tertiary/aromatic N) is 4. The SMILES string of the molecule is CC(C)C[C@H](NC(=O)[C@@H]1CCCN1C(=O)[C@@H](NC(=O)[C@@H](N)CO)[C@@H](C)O)C(=O)NCC(=O)N[C@@H](CCC(N)=O)C(=O)N[C@@H](CCC(N)=O)C(=O)N[C@@H](CCC(N)=O)C(=O)N1CCC[C@H]1C(=O)N[C@@H](C)C(=O)N1CCC[C@H]1C(=O)N[C@@H](CCCN=C(N)N)C(=O)O. The Hall–Kier alpha value is -8.80. The molecule has 3 rings (SSSR count). The first-order valence-electron chi connectivity index (χ1n) is 29.8. The number of hydrogen-bond acceptors (Lipinski definition) is 19. The van der Waals surface area contributed by atoms with E-state index in [0.717, 1.165) is 9.80 Å². The maximum Gasteiger partial charge on any atom is 0.326 e. The van der Waals surface area contributed by atoms with Crippen LogP contribution in [-0.2, 0) is 71.9 Å². The summed E-state index contributed by atoms with van der Waals surface area (Å²) in [6.45, 7) is 4.66. The van der Waals surface area contributed by atoms with E-state index in [1.807, 2.05) is 0 Å². The van der Waals surface area contributed by atoms with Crippen molar-refractivity contribution in [3.8, 4) is 0 Å². The van der Waals surface area contributed by atoms with E-state index < -0.39 is 213 Å². The molecule has 0 saturated carbocycles. The van der Waals surface area contributed by atoms with Gasteiger partial charge >= 0.3 is 5.97 Å². The van der Waals surface area contributed by atoms with Gasteiger partial charge < -0.3 is 107 Å². The number of aliphatic hydroxyl groups is 2. The minimum atomic E-state index is -1.72. The fraction of sp³-hybridized carbons (Fsp3) is 0.704. The molecule has 36 heteroatoms. The zero-order valence-corrected chi connectivity index (χ0v) is 51.1. The van der Waals surface area contributed by atoms with E-state index in [0.29, 0.717) is 12.8 Å². The first-order valence-corrected chi connectivity index (χ1v) is 29.8. The van der Waals surface area contributed by atoms with E-state index in [1.54, 1.807) is 13.8 Å². The van der Waals surface area contributed by atoms with Gasteiger partial charge in [-0.25, -0.2) is 4.79 Å². The van der Waals surface area contributed by atoms with Crippen LogP contribution in [0.5, 0.6) is 0 Å². The summed E-state index contributed by atoms with van der Waals surface area (Å²) in [6.07, 6.45) is -2.84. The topological polar surface area (TPSA) is 591 Å². The number of primary amides is 3. The second-order valence-corrected chi connectivity index (χ2v) is 22.8. The quantitative estimate of drug-likeness (QED) is 0.0156. The van der Waals surface area contributed by atoms with Crippen molar-refractivity contribution < 1.29 is 87.2 Å². The van der Waals surface area contributed by atoms with E-state index in [2.05, 4.69) is 47.5 Å². The Balaban J connectivity index is 1.76. The number of hydrogen-bond donors (Lipinski definition) is 17. The highest BCUT2D eigenvalue weighted by molar-refractivity contribution is 6.00. The van der Waals surface area contributed by atoms with Crippen molar-refractivity contribution in [1.29, 1.82) is 0 Å². The number of nitrogens with two attached hydrogens (primary N) is 6. The van der Waals surface area contributed by atoms with Crippen LogP contribution < -0.4 is 76.9 Å². The molecule has 0 radical (unpaired) electrons. The summed E-state index contributed by atoms with van der Waals surface area (Å²) in [7, 11) is 0. The van der Waals surface area contributed by atoms with Crippen LogP contribution in [0, 0.1) is 5.92 Å². The zero-order chi connectivity index (χ0) is 67.7. The molecule has 3 heterocycles. The lowest BCUT2D eigenvalue weighted by Gasteiger charge is -2.31. The van der Waals surface area contributed by atoms with Crippen molar-refractivity contribution >= 4 is 94.6 Å². The van der Waals surface area contributed by atoms with Crippen LogP contribution in [0.25, 0.3) is 0 Å². The van der Waals surface area contributed by atoms with Crippen LogP contribution in [0.1, 0.15) is 124 Å². The average Bonchev–Trinajstić information content (AvgIpc) is 2.46. The molecule has 0 aromatic heterocycles. The van der Waals surface area contributed by atoms with Crippen LogP contribution >= 0.6 is 0 Å². The van der Waals surface area contributed by atoms with Gasteiger partial charge in [0.25, 0.3) is 0 Å². The lowest BCUT2D eigenvalue weighted by Crippen LogP contribution is -2.60. The summed E-state index contributed by atoms with van der Waals surface area (Å²) in [5, 5.41) is 48.9. The van der Waals surface area contributed by atoms with Gasteiger partial charge in [0.2, 0.25) is 82.7 Å². The third kappa shape index (κ3) is 24.0. The van der Waals surface area contributed by atoms with Gasteiger partial charge in [0.1, 0.15) is 66.5 Å². The normalized spacial score (nSPS) is 19.2. The predicted octanol–water partition coefficient (Wildman–Crippen LogP) is -8.83. The monoisotopic (exact) mass is 1280 g/mol. The maximum atomic E-state index is 14.4. The highest BCUT2D eigenvalue weighted by Gasteiger charge is 2.44. The van der Waals surface area contributed by atoms with Gasteiger partial charge in [-0.15, -0.1) is 0 Å². The van der Waals surface area contributed by atoms with Gasteiger partial charge in [-0.05, 0) is 96.8 Å². The zero-order valence-electron chi connectivity index (χ0n) is 51.1. The summed E-state index contributed by atoms with van der Waals surface area (Å²) in [6, 6.07) is -15.3. The first kappa shape index (κ1) is 75.4. The van der Waals surface area contributed by atoms with Gasteiger partial charge in [-0.1, -0.05) is 13.8 Å². The van der Waals surface area contributed by atoms with Crippen molar-refractivity contribution in [2.24, 2.45) is 45.3 Å². The van der Waals surface area contributed by atoms with Crippen LogP contribution in [0.4, 0.5) is 0 Å². The fourth-order valence-electron chi connectivity index (χ4n) is 10.4. The predicted molar refractivity (Wildman–Crippen MR) is 315 cm³/mol. The number of aliphatic imine (C=N–C) groups is 1. The first-order chi connectivity index (χ1) is 42.3. The Kier molecular flexibility index (Phi) is 30.7. The second kappa shape index (κ2) is 36.6. The van der Waals surface area contributed by atoms with Crippen molar-refractivity contribution in [2.45, 2.75) is 197 Å². The molecule has 0 unspecified atom stereocenters. The Bertz CT molecular complexity index is 2660. The van der Waals surface area contributed by atoms with E-state index >= 15 is 0 Å². The van der Waals surface area contributed by atoms with Crippen LogP contribution in [0.15, 0.2) is 4.99 Å². The number of nitrogens with one attached hydrogen (secondary N) is 8. The highest BCUT2D eigenvalue weighted by atomic mass is 16.4. The van der Waals surface area contributed by atoms with Crippen molar-refractivity contribution in [1.82, 2.24) is 57.2 Å². The largest absolute Gasteiger partial charge is 0.480 e. The lowest BCUT2D eigenvalue weighted by atomic mass is 10.0. The van der Waals surface area contributed by atoms with Crippen LogP contribution in [0.3, 0.4) is 0 Å². The molecule has 3 fully saturated rings. The number of carboxylic acids is 1. The molecule has 14 amide bonds. The Morgan fingerprint density at radius 3 is 1.42 bits per heavy atom. The minimum Gasteiger partial charge on any atom is -0.480 e. The van der Waals surface area contributed by atoms with Gasteiger partial charge in [0.05, 0.1) is 19.3 Å². The Labute approximate surface area is 518 Å². The third-order valence-electron chi connectivity index (χ3n) is 15.1. The lowest BCUT2D eigenvalue weighted by molar-refractivity contribution is -0.145. The molecule has 36 nitrogen and oxygen atoms in total. The maximum absolute atomic E-state index is 14.4. The molecule has 0 aliphatic carbocycles. The third-order valence-corrected chi connectivity index (χ3v) is 15.1. The summed E-state index contributed by atoms with van der Waals surface area (Å²) in [5.41, 5.74) is 32.4. The highest BCUT2D eigenvalue weighted by Crippen LogP contribution is 2.24. The molecular formula is C54H90N18O18. The van der Waals surface area contributed by atoms with E-state index in [9.17, 15) is 87.2 Å². The molecule has 23 N–H and O–H groups in total. The molecule has 0 aromatic rings. The van der Waals surface area contributed by atoms with Gasteiger partial charge in [0.15, 0.2) is 5.96 Å².